The van der Waals surface area contributed by atoms with E-state index in [-0.39, 0.29) is 38.8 Å². The number of likely N-dealkylation sites (tertiary alicyclic amines) is 3. The van der Waals surface area contributed by atoms with Gasteiger partial charge in [-0.15, -0.1) is 0 Å². The van der Waals surface area contributed by atoms with Gasteiger partial charge in [0.05, 0.1) is 25.2 Å². The molecule has 3 saturated heterocycles. The average molecular weight is 473 g/mol. The van der Waals surface area contributed by atoms with E-state index in [1.165, 1.54) is 11.1 Å². The summed E-state index contributed by atoms with van der Waals surface area (Å²) in [6.07, 6.45) is 7.49. The number of rotatable bonds is 5. The van der Waals surface area contributed by atoms with Gasteiger partial charge in [0.25, 0.3) is 0 Å². The molecule has 3 aliphatic heterocycles. The van der Waals surface area contributed by atoms with Gasteiger partial charge >= 0.3 is 0 Å². The van der Waals surface area contributed by atoms with Crippen molar-refractivity contribution < 1.29 is 17.5 Å². The predicted molar refractivity (Wildman–Crippen MR) is 136 cm³/mol. The number of carbonyl (C=O) groups is 2. The number of hydrogen-bond donors (Lipinski definition) is 2. The minimum absolute atomic E-state index is 0. The van der Waals surface area contributed by atoms with Crippen molar-refractivity contribution in [1.82, 2.24) is 20.0 Å². The van der Waals surface area contributed by atoms with Crippen LogP contribution in [-0.2, 0) is 15.0 Å². The number of hydrogen-bond acceptors (Lipinski definition) is 5. The number of carbonyl (C=O) groups excluding carboxylic acids is 2. The van der Waals surface area contributed by atoms with Crippen LogP contribution >= 0.6 is 0 Å². The second-order valence-corrected chi connectivity index (χ2v) is 10.9. The molecule has 3 heterocycles. The van der Waals surface area contributed by atoms with Crippen LogP contribution < -0.4 is 5.32 Å². The topological polar surface area (TPSA) is 76.1 Å². The van der Waals surface area contributed by atoms with Gasteiger partial charge in [-0.2, -0.15) is 0 Å². The number of amides is 2. The summed E-state index contributed by atoms with van der Waals surface area (Å²) in [4.78, 5) is 31.4. The SMILES string of the molecule is CC(=O)N[C@H]1CC2(CCN(C3CCN(CC(=O)N4CCC[C@H]4CO)CC3)CC2)c2ccccc21.[HH].[HH]. The zero-order valence-electron chi connectivity index (χ0n) is 20.5. The van der Waals surface area contributed by atoms with Gasteiger partial charge < -0.3 is 20.2 Å². The van der Waals surface area contributed by atoms with Crippen molar-refractivity contribution in [3.63, 3.8) is 0 Å². The Morgan fingerprint density at radius 1 is 1.09 bits per heavy atom. The number of aliphatic hydroxyl groups is 1. The number of nitrogens with zero attached hydrogens (tertiary/aromatic N) is 3. The van der Waals surface area contributed by atoms with Crippen LogP contribution in [0.5, 0.6) is 0 Å². The Morgan fingerprint density at radius 3 is 2.53 bits per heavy atom. The van der Waals surface area contributed by atoms with Crippen LogP contribution in [-0.4, -0.2) is 89.6 Å². The molecule has 34 heavy (non-hydrogen) atoms. The molecule has 5 rings (SSSR count). The molecule has 3 fully saturated rings. The molecule has 1 aromatic rings. The highest BCUT2D eigenvalue weighted by Crippen LogP contribution is 2.51. The van der Waals surface area contributed by atoms with Gasteiger partial charge in [0, 0.05) is 40.9 Å². The molecule has 1 aliphatic carbocycles. The number of fused-ring (bicyclic) bond motifs is 2. The fourth-order valence-electron chi connectivity index (χ4n) is 7.14. The van der Waals surface area contributed by atoms with Crippen LogP contribution in [0.15, 0.2) is 24.3 Å². The van der Waals surface area contributed by atoms with Crippen LogP contribution in [0.3, 0.4) is 0 Å². The van der Waals surface area contributed by atoms with Gasteiger partial charge in [0.2, 0.25) is 11.8 Å². The maximum Gasteiger partial charge on any atom is 0.237 e. The maximum atomic E-state index is 12.7. The molecule has 0 bridgehead atoms. The molecule has 2 amide bonds. The molecule has 190 valence electrons. The first-order chi connectivity index (χ1) is 16.5. The first-order valence-electron chi connectivity index (χ1n) is 13.2. The molecule has 7 nitrogen and oxygen atoms in total. The smallest absolute Gasteiger partial charge is 0.237 e. The summed E-state index contributed by atoms with van der Waals surface area (Å²) in [7, 11) is 0. The molecule has 0 radical (unpaired) electrons. The van der Waals surface area contributed by atoms with Crippen molar-refractivity contribution >= 4 is 11.8 Å². The number of piperidine rings is 2. The minimum Gasteiger partial charge on any atom is -0.394 e. The minimum atomic E-state index is 0. The standard InChI is InChI=1S/C27H40N4O3.2H2/c1-20(33)28-25-17-27(24-7-3-2-6-23(24)25)10-15-30(16-11-27)21-8-13-29(14-9-21)18-26(34)31-12-4-5-22(31)19-32;;/h2-3,6-7,21-22,25,32H,4-5,8-19H2,1H3,(H,28,33);2*1H/t22-,25-;;/m0../s1. The first-order valence-corrected chi connectivity index (χ1v) is 13.2. The van der Waals surface area contributed by atoms with Gasteiger partial charge in [0.1, 0.15) is 0 Å². The van der Waals surface area contributed by atoms with E-state index in [1.54, 1.807) is 6.92 Å². The first kappa shape index (κ1) is 23.8. The van der Waals surface area contributed by atoms with Crippen molar-refractivity contribution in [2.45, 2.75) is 75.4 Å². The molecule has 0 saturated carbocycles. The zero-order chi connectivity index (χ0) is 23.7. The van der Waals surface area contributed by atoms with Gasteiger partial charge in [-0.05, 0) is 69.2 Å². The Kier molecular flexibility index (Phi) is 6.96. The number of nitrogens with one attached hydrogen (secondary N) is 1. The highest BCUT2D eigenvalue weighted by atomic mass is 16.3. The summed E-state index contributed by atoms with van der Waals surface area (Å²) >= 11 is 0. The van der Waals surface area contributed by atoms with Crippen LogP contribution in [0.2, 0.25) is 0 Å². The highest BCUT2D eigenvalue weighted by Gasteiger charge is 2.46. The van der Waals surface area contributed by atoms with Crippen molar-refractivity contribution in [3.8, 4) is 0 Å². The summed E-state index contributed by atoms with van der Waals surface area (Å²) in [6.45, 7) is 7.15. The van der Waals surface area contributed by atoms with E-state index in [4.69, 9.17) is 0 Å². The summed E-state index contributed by atoms with van der Waals surface area (Å²) in [6, 6.07) is 9.48. The van der Waals surface area contributed by atoms with Crippen LogP contribution in [0.1, 0.15) is 71.9 Å². The van der Waals surface area contributed by atoms with E-state index in [9.17, 15) is 14.7 Å². The molecule has 0 aromatic heterocycles. The van der Waals surface area contributed by atoms with Crippen molar-refractivity contribution in [2.24, 2.45) is 0 Å². The van der Waals surface area contributed by atoms with Crippen LogP contribution in [0.25, 0.3) is 0 Å². The van der Waals surface area contributed by atoms with E-state index in [2.05, 4.69) is 39.4 Å². The third-order valence-corrected chi connectivity index (χ3v) is 8.98. The molecule has 1 spiro atoms. The molecular formula is C27H44N4O3. The summed E-state index contributed by atoms with van der Waals surface area (Å²) in [5.41, 5.74) is 2.95. The van der Waals surface area contributed by atoms with Gasteiger partial charge in [-0.3, -0.25) is 14.5 Å². The lowest BCUT2D eigenvalue weighted by molar-refractivity contribution is -0.134. The molecule has 4 aliphatic rings. The predicted octanol–water partition coefficient (Wildman–Crippen LogP) is 2.54. The highest BCUT2D eigenvalue weighted by molar-refractivity contribution is 5.79. The van der Waals surface area contributed by atoms with Gasteiger partial charge in [-0.25, -0.2) is 0 Å². The van der Waals surface area contributed by atoms with Crippen molar-refractivity contribution in [1.29, 1.82) is 0 Å². The Bertz CT molecular complexity index is 901. The van der Waals surface area contributed by atoms with Crippen LogP contribution in [0, 0.1) is 0 Å². The van der Waals surface area contributed by atoms with Crippen LogP contribution in [0.4, 0.5) is 0 Å². The molecular weight excluding hydrogens is 428 g/mol. The lowest BCUT2D eigenvalue weighted by Crippen LogP contribution is -2.52. The van der Waals surface area contributed by atoms with E-state index >= 15 is 0 Å². The zero-order valence-corrected chi connectivity index (χ0v) is 20.5. The second-order valence-electron chi connectivity index (χ2n) is 10.9. The van der Waals surface area contributed by atoms with E-state index < -0.39 is 0 Å². The molecule has 2 N–H and O–H groups in total. The monoisotopic (exact) mass is 472 g/mol. The molecule has 2 atom stereocenters. The molecule has 1 aromatic carbocycles. The Labute approximate surface area is 206 Å². The van der Waals surface area contributed by atoms with Gasteiger partial charge in [0.15, 0.2) is 0 Å². The second kappa shape index (κ2) is 9.96. The maximum absolute atomic E-state index is 12.7. The average Bonchev–Trinajstić information content (AvgIpc) is 3.44. The van der Waals surface area contributed by atoms with E-state index in [0.717, 1.165) is 77.7 Å². The Morgan fingerprint density at radius 2 is 1.82 bits per heavy atom. The summed E-state index contributed by atoms with van der Waals surface area (Å²) in [5, 5.41) is 12.7. The molecule has 0 unspecified atom stereocenters. The third-order valence-electron chi connectivity index (χ3n) is 8.98. The number of benzene rings is 1. The normalized spacial score (nSPS) is 27.8. The quantitative estimate of drug-likeness (QED) is 0.689. The third kappa shape index (κ3) is 4.62. The lowest BCUT2D eigenvalue weighted by Gasteiger charge is -2.45. The Hall–Kier alpha value is -1.96. The summed E-state index contributed by atoms with van der Waals surface area (Å²) < 4.78 is 0. The fraction of sp³-hybridized carbons (Fsp3) is 0.704. The largest absolute Gasteiger partial charge is 0.394 e. The van der Waals surface area contributed by atoms with Crippen molar-refractivity contribution in [3.05, 3.63) is 35.4 Å². The fourth-order valence-corrected chi connectivity index (χ4v) is 7.14. The van der Waals surface area contributed by atoms with E-state index in [1.807, 2.05) is 4.90 Å². The molecule has 7 heteroatoms. The van der Waals surface area contributed by atoms with E-state index in [0.29, 0.717) is 12.6 Å². The lowest BCUT2D eigenvalue weighted by atomic mass is 9.73. The Balaban J connectivity index is 0.00000180. The van der Waals surface area contributed by atoms with Crippen molar-refractivity contribution in [2.75, 3.05) is 45.9 Å². The number of aliphatic hydroxyl groups excluding tert-OH is 1. The van der Waals surface area contributed by atoms with Gasteiger partial charge in [-0.1, -0.05) is 24.3 Å². The summed E-state index contributed by atoms with van der Waals surface area (Å²) in [5.74, 6) is 0.236.